The number of nitro groups is 1. The summed E-state index contributed by atoms with van der Waals surface area (Å²) in [6.45, 7) is 4.03. The van der Waals surface area contributed by atoms with Gasteiger partial charge in [-0.2, -0.15) is 5.10 Å². The van der Waals surface area contributed by atoms with Crippen molar-refractivity contribution in [3.05, 3.63) is 82.7 Å². The number of hydrogen-bond acceptors (Lipinski definition) is 5. The van der Waals surface area contributed by atoms with Gasteiger partial charge in [0.1, 0.15) is 6.04 Å². The molecule has 9 heteroatoms. The molecule has 3 rings (SSSR count). The van der Waals surface area contributed by atoms with E-state index in [4.69, 9.17) is 0 Å². The van der Waals surface area contributed by atoms with Crippen molar-refractivity contribution in [3.63, 3.8) is 0 Å². The van der Waals surface area contributed by atoms with Gasteiger partial charge in [0.2, 0.25) is 5.91 Å². The molecule has 0 aliphatic carbocycles. The Labute approximate surface area is 179 Å². The van der Waals surface area contributed by atoms with Gasteiger partial charge in [0.05, 0.1) is 22.4 Å². The number of carbonyl (C=O) groups excluding carboxylic acids is 2. The quantitative estimate of drug-likeness (QED) is 0.441. The van der Waals surface area contributed by atoms with E-state index in [-0.39, 0.29) is 17.5 Å². The number of non-ortho nitro benzene ring substituents is 1. The third-order valence-electron chi connectivity index (χ3n) is 4.77. The Bertz CT molecular complexity index is 1060. The Morgan fingerprint density at radius 3 is 2.45 bits per heavy atom. The van der Waals surface area contributed by atoms with Crippen molar-refractivity contribution in [1.29, 1.82) is 0 Å². The molecule has 0 radical (unpaired) electrons. The van der Waals surface area contributed by atoms with Gasteiger partial charge in [0.25, 0.3) is 11.6 Å². The van der Waals surface area contributed by atoms with E-state index in [2.05, 4.69) is 10.4 Å². The van der Waals surface area contributed by atoms with Crippen molar-refractivity contribution in [2.24, 2.45) is 0 Å². The summed E-state index contributed by atoms with van der Waals surface area (Å²) < 4.78 is 1.47. The van der Waals surface area contributed by atoms with Crippen LogP contribution in [0.4, 0.5) is 11.4 Å². The highest BCUT2D eigenvalue weighted by Gasteiger charge is 2.27. The second-order valence-electron chi connectivity index (χ2n) is 6.98. The molecule has 1 unspecified atom stereocenters. The number of amides is 2. The van der Waals surface area contributed by atoms with Crippen molar-refractivity contribution in [2.75, 3.05) is 11.9 Å². The first-order chi connectivity index (χ1) is 14.9. The van der Waals surface area contributed by atoms with Crippen molar-refractivity contribution in [3.8, 4) is 5.69 Å². The van der Waals surface area contributed by atoms with Gasteiger partial charge in [0.15, 0.2) is 0 Å². The van der Waals surface area contributed by atoms with E-state index < -0.39 is 11.0 Å². The molecule has 1 N–H and O–H groups in total. The monoisotopic (exact) mass is 421 g/mol. The van der Waals surface area contributed by atoms with Crippen LogP contribution in [-0.2, 0) is 4.79 Å². The lowest BCUT2D eigenvalue weighted by molar-refractivity contribution is -0.384. The Morgan fingerprint density at radius 1 is 1.16 bits per heavy atom. The summed E-state index contributed by atoms with van der Waals surface area (Å²) in [4.78, 5) is 37.7. The zero-order valence-electron chi connectivity index (χ0n) is 17.3. The van der Waals surface area contributed by atoms with Gasteiger partial charge in [-0.1, -0.05) is 25.1 Å². The lowest BCUT2D eigenvalue weighted by Crippen LogP contribution is -2.46. The highest BCUT2D eigenvalue weighted by molar-refractivity contribution is 6.00. The van der Waals surface area contributed by atoms with Crippen molar-refractivity contribution < 1.29 is 14.5 Å². The van der Waals surface area contributed by atoms with Gasteiger partial charge in [-0.15, -0.1) is 0 Å². The second-order valence-corrected chi connectivity index (χ2v) is 6.98. The minimum atomic E-state index is -0.685. The Balaban J connectivity index is 1.76. The predicted octanol–water partition coefficient (Wildman–Crippen LogP) is 3.66. The van der Waals surface area contributed by atoms with Gasteiger partial charge >= 0.3 is 0 Å². The number of hydrogen-bond donors (Lipinski definition) is 1. The second kappa shape index (κ2) is 9.66. The molecule has 0 aliphatic heterocycles. The highest BCUT2D eigenvalue weighted by atomic mass is 16.6. The molecule has 2 amide bonds. The average molecular weight is 421 g/mol. The van der Waals surface area contributed by atoms with Gasteiger partial charge in [0, 0.05) is 30.6 Å². The molecule has 160 valence electrons. The van der Waals surface area contributed by atoms with E-state index in [9.17, 15) is 19.7 Å². The predicted molar refractivity (Wildman–Crippen MR) is 116 cm³/mol. The standard InChI is InChI=1S/C22H23N5O4/c1-3-13-25(16(2)21(28)24-18-7-5-4-6-8-18)22(29)17-14-23-26(15-17)19-9-11-20(12-10-19)27(30)31/h4-12,14-16H,3,13H2,1-2H3,(H,24,28). The Kier molecular flexibility index (Phi) is 6.76. The number of carbonyl (C=O) groups is 2. The van der Waals surface area contributed by atoms with E-state index in [0.29, 0.717) is 29.9 Å². The van der Waals surface area contributed by atoms with Gasteiger partial charge in [-0.3, -0.25) is 19.7 Å². The van der Waals surface area contributed by atoms with E-state index in [1.807, 2.05) is 25.1 Å². The number of para-hydroxylation sites is 1. The number of nitrogens with zero attached hydrogens (tertiary/aromatic N) is 4. The summed E-state index contributed by atoms with van der Waals surface area (Å²) in [6, 6.07) is 14.2. The molecule has 1 aromatic heterocycles. The zero-order valence-corrected chi connectivity index (χ0v) is 17.3. The number of nitro benzene ring substituents is 1. The first-order valence-electron chi connectivity index (χ1n) is 9.87. The largest absolute Gasteiger partial charge is 0.327 e. The number of aromatic nitrogens is 2. The van der Waals surface area contributed by atoms with Crippen molar-refractivity contribution in [2.45, 2.75) is 26.3 Å². The van der Waals surface area contributed by atoms with Crippen LogP contribution in [0.3, 0.4) is 0 Å². The summed E-state index contributed by atoms with van der Waals surface area (Å²) in [5.74, 6) is -0.596. The van der Waals surface area contributed by atoms with E-state index in [1.54, 1.807) is 37.4 Å². The molecule has 0 spiro atoms. The zero-order chi connectivity index (χ0) is 22.4. The summed E-state index contributed by atoms with van der Waals surface area (Å²) in [6.07, 6.45) is 3.66. The minimum absolute atomic E-state index is 0.0282. The van der Waals surface area contributed by atoms with Crippen LogP contribution >= 0.6 is 0 Å². The summed E-state index contributed by atoms with van der Waals surface area (Å²) in [5.41, 5.74) is 1.54. The first-order valence-corrected chi connectivity index (χ1v) is 9.87. The van der Waals surface area contributed by atoms with E-state index in [0.717, 1.165) is 0 Å². The Hall–Kier alpha value is -4.01. The molecule has 2 aromatic carbocycles. The third kappa shape index (κ3) is 5.13. The number of rotatable bonds is 8. The fourth-order valence-electron chi connectivity index (χ4n) is 3.09. The molecule has 0 saturated carbocycles. The van der Waals surface area contributed by atoms with Crippen LogP contribution < -0.4 is 5.32 Å². The van der Waals surface area contributed by atoms with Crippen LogP contribution in [0, 0.1) is 10.1 Å². The third-order valence-corrected chi connectivity index (χ3v) is 4.77. The summed E-state index contributed by atoms with van der Waals surface area (Å²) in [7, 11) is 0. The van der Waals surface area contributed by atoms with E-state index in [1.165, 1.54) is 27.9 Å². The number of nitrogens with one attached hydrogen (secondary N) is 1. The number of anilines is 1. The molecule has 0 aliphatic rings. The molecule has 0 saturated heterocycles. The van der Waals surface area contributed by atoms with Crippen LogP contribution in [0.15, 0.2) is 67.0 Å². The lowest BCUT2D eigenvalue weighted by atomic mass is 10.2. The molecular weight excluding hydrogens is 398 g/mol. The maximum Gasteiger partial charge on any atom is 0.269 e. The van der Waals surface area contributed by atoms with Crippen LogP contribution in [0.25, 0.3) is 5.69 Å². The molecule has 0 fully saturated rings. The van der Waals surface area contributed by atoms with Crippen molar-refractivity contribution >= 4 is 23.2 Å². The molecule has 31 heavy (non-hydrogen) atoms. The maximum absolute atomic E-state index is 13.1. The molecule has 1 atom stereocenters. The molecular formula is C22H23N5O4. The van der Waals surface area contributed by atoms with Crippen LogP contribution in [0.5, 0.6) is 0 Å². The van der Waals surface area contributed by atoms with Crippen LogP contribution in [0.1, 0.15) is 30.6 Å². The fourth-order valence-corrected chi connectivity index (χ4v) is 3.09. The summed E-state index contributed by atoms with van der Waals surface area (Å²) >= 11 is 0. The molecule has 3 aromatic rings. The van der Waals surface area contributed by atoms with Crippen LogP contribution in [-0.4, -0.2) is 44.0 Å². The van der Waals surface area contributed by atoms with Crippen LogP contribution in [0.2, 0.25) is 0 Å². The first kappa shape index (κ1) is 21.7. The molecule has 0 bridgehead atoms. The van der Waals surface area contributed by atoms with Gasteiger partial charge in [-0.05, 0) is 37.6 Å². The maximum atomic E-state index is 13.1. The average Bonchev–Trinajstić information content (AvgIpc) is 3.27. The number of benzene rings is 2. The fraction of sp³-hybridized carbons (Fsp3) is 0.227. The SMILES string of the molecule is CCCN(C(=O)c1cnn(-c2ccc([N+](=O)[O-])cc2)c1)C(C)C(=O)Nc1ccccc1. The molecule has 1 heterocycles. The topological polar surface area (TPSA) is 110 Å². The highest BCUT2D eigenvalue weighted by Crippen LogP contribution is 2.17. The van der Waals surface area contributed by atoms with E-state index >= 15 is 0 Å². The van der Waals surface area contributed by atoms with Gasteiger partial charge in [-0.25, -0.2) is 4.68 Å². The van der Waals surface area contributed by atoms with Gasteiger partial charge < -0.3 is 10.2 Å². The lowest BCUT2D eigenvalue weighted by Gasteiger charge is -2.27. The smallest absolute Gasteiger partial charge is 0.269 e. The van der Waals surface area contributed by atoms with Crippen molar-refractivity contribution in [1.82, 2.24) is 14.7 Å². The normalized spacial score (nSPS) is 11.5. The summed E-state index contributed by atoms with van der Waals surface area (Å²) in [5, 5.41) is 17.8. The minimum Gasteiger partial charge on any atom is -0.327 e. The Morgan fingerprint density at radius 2 is 1.84 bits per heavy atom. The molecule has 9 nitrogen and oxygen atoms in total.